The third-order valence-corrected chi connectivity index (χ3v) is 7.69. The summed E-state index contributed by atoms with van der Waals surface area (Å²) in [6, 6.07) is 19.2. The Hall–Kier alpha value is -4.46. The van der Waals surface area contributed by atoms with E-state index in [1.807, 2.05) is 68.6 Å². The van der Waals surface area contributed by atoms with Crippen LogP contribution in [-0.2, 0) is 11.2 Å². The fourth-order valence-corrected chi connectivity index (χ4v) is 5.42. The maximum Gasteiger partial charge on any atom is 0.253 e. The van der Waals surface area contributed by atoms with E-state index in [0.29, 0.717) is 43.6 Å². The van der Waals surface area contributed by atoms with E-state index < -0.39 is 0 Å². The third-order valence-electron chi connectivity index (χ3n) is 7.69. The molecule has 4 aromatic rings. The molecule has 40 heavy (non-hydrogen) atoms. The fourth-order valence-electron chi connectivity index (χ4n) is 5.42. The number of aromatic nitrogens is 2. The van der Waals surface area contributed by atoms with Crippen LogP contribution in [-0.4, -0.2) is 58.8 Å². The molecule has 0 bridgehead atoms. The highest BCUT2D eigenvalue weighted by Gasteiger charge is 2.28. The summed E-state index contributed by atoms with van der Waals surface area (Å²) in [5.41, 5.74) is 5.97. The minimum Gasteiger partial charge on any atom is -0.361 e. The van der Waals surface area contributed by atoms with Crippen LogP contribution in [0.4, 0.5) is 0 Å². The Morgan fingerprint density at radius 1 is 0.900 bits per heavy atom. The monoisotopic (exact) mass is 537 g/mol. The normalized spacial score (nSPS) is 13.8. The van der Waals surface area contributed by atoms with Gasteiger partial charge in [0.2, 0.25) is 5.91 Å². The molecule has 1 saturated heterocycles. The third kappa shape index (κ3) is 6.06. The number of carbonyl (C=O) groups excluding carboxylic acids is 3. The summed E-state index contributed by atoms with van der Waals surface area (Å²) in [5.74, 6) is -0.391. The van der Waals surface area contributed by atoms with Crippen molar-refractivity contribution in [3.63, 3.8) is 0 Å². The molecular weight excluding hydrogens is 502 g/mol. The number of rotatable bonds is 8. The van der Waals surface area contributed by atoms with Gasteiger partial charge in [0, 0.05) is 53.9 Å². The Balaban J connectivity index is 1.16. The summed E-state index contributed by atoms with van der Waals surface area (Å²) in [6.45, 7) is 5.40. The standard InChI is InChI=1S/C32H35N5O3/c1-21-7-3-4-8-25(21)31(39)35-20-29(38)37-17-14-23(15-18-37)30-27(12-11-22(2)36-30)32(40)33-16-13-24-19-34-28-10-6-5-9-26(24)28/h3-12,19,23,34H,13-18,20H2,1-2H3,(H,33,40)(H,35,39). The topological polar surface area (TPSA) is 107 Å². The van der Waals surface area contributed by atoms with Gasteiger partial charge in [-0.2, -0.15) is 0 Å². The molecule has 8 nitrogen and oxygen atoms in total. The van der Waals surface area contributed by atoms with Gasteiger partial charge in [0.25, 0.3) is 11.8 Å². The van der Waals surface area contributed by atoms with E-state index in [9.17, 15) is 14.4 Å². The lowest BCUT2D eigenvalue weighted by Crippen LogP contribution is -2.44. The van der Waals surface area contributed by atoms with Crippen molar-refractivity contribution >= 4 is 28.6 Å². The summed E-state index contributed by atoms with van der Waals surface area (Å²) in [7, 11) is 0. The molecule has 1 aliphatic rings. The molecule has 2 aromatic heterocycles. The number of nitrogens with one attached hydrogen (secondary N) is 3. The van der Waals surface area contributed by atoms with Crippen LogP contribution in [0.25, 0.3) is 10.9 Å². The second kappa shape index (κ2) is 12.2. The molecular formula is C32H35N5O3. The largest absolute Gasteiger partial charge is 0.361 e. The van der Waals surface area contributed by atoms with Crippen molar-refractivity contribution in [2.45, 2.75) is 39.0 Å². The molecule has 0 atom stereocenters. The van der Waals surface area contributed by atoms with E-state index in [1.54, 1.807) is 11.0 Å². The Labute approximate surface area is 234 Å². The first-order valence-electron chi connectivity index (χ1n) is 13.8. The molecule has 3 heterocycles. The number of amides is 3. The predicted octanol–water partition coefficient (Wildman–Crippen LogP) is 4.29. The van der Waals surface area contributed by atoms with Crippen LogP contribution in [0.5, 0.6) is 0 Å². The second-order valence-corrected chi connectivity index (χ2v) is 10.4. The lowest BCUT2D eigenvalue weighted by atomic mass is 9.89. The molecule has 1 aliphatic heterocycles. The van der Waals surface area contributed by atoms with Gasteiger partial charge in [-0.15, -0.1) is 0 Å². The Kier molecular flexibility index (Phi) is 8.24. The van der Waals surface area contributed by atoms with Gasteiger partial charge in [0.15, 0.2) is 0 Å². The molecule has 3 amide bonds. The number of aryl methyl sites for hydroxylation is 2. The first kappa shape index (κ1) is 27.1. The smallest absolute Gasteiger partial charge is 0.253 e. The molecule has 0 radical (unpaired) electrons. The first-order chi connectivity index (χ1) is 19.4. The number of hydrogen-bond acceptors (Lipinski definition) is 4. The molecule has 0 aliphatic carbocycles. The van der Waals surface area contributed by atoms with Gasteiger partial charge in [-0.05, 0) is 68.5 Å². The molecule has 206 valence electrons. The van der Waals surface area contributed by atoms with Gasteiger partial charge in [0.1, 0.15) is 0 Å². The fraction of sp³-hybridized carbons (Fsp3) is 0.312. The molecule has 5 rings (SSSR count). The summed E-state index contributed by atoms with van der Waals surface area (Å²) in [5, 5.41) is 7.00. The Bertz CT molecular complexity index is 1530. The molecule has 0 spiro atoms. The van der Waals surface area contributed by atoms with Crippen molar-refractivity contribution in [3.8, 4) is 0 Å². The van der Waals surface area contributed by atoms with Gasteiger partial charge in [-0.25, -0.2) is 0 Å². The average Bonchev–Trinajstić information content (AvgIpc) is 3.39. The van der Waals surface area contributed by atoms with E-state index >= 15 is 0 Å². The maximum atomic E-state index is 13.2. The quantitative estimate of drug-likeness (QED) is 0.312. The number of nitrogens with zero attached hydrogens (tertiary/aromatic N) is 2. The predicted molar refractivity (Wildman–Crippen MR) is 155 cm³/mol. The van der Waals surface area contributed by atoms with Crippen LogP contribution in [0.2, 0.25) is 0 Å². The van der Waals surface area contributed by atoms with E-state index in [0.717, 1.165) is 28.9 Å². The van der Waals surface area contributed by atoms with Crippen LogP contribution in [0.15, 0.2) is 66.9 Å². The number of hydrogen-bond donors (Lipinski definition) is 3. The van der Waals surface area contributed by atoms with Crippen molar-refractivity contribution in [3.05, 3.63) is 101 Å². The molecule has 0 unspecified atom stereocenters. The van der Waals surface area contributed by atoms with E-state index in [2.05, 4.69) is 21.7 Å². The number of piperidine rings is 1. The zero-order valence-corrected chi connectivity index (χ0v) is 23.0. The van der Waals surface area contributed by atoms with Crippen molar-refractivity contribution in [1.82, 2.24) is 25.5 Å². The van der Waals surface area contributed by atoms with E-state index in [1.165, 1.54) is 10.9 Å². The van der Waals surface area contributed by atoms with E-state index in [-0.39, 0.29) is 30.2 Å². The molecule has 8 heteroatoms. The van der Waals surface area contributed by atoms with Crippen molar-refractivity contribution < 1.29 is 14.4 Å². The minimum atomic E-state index is -0.245. The Morgan fingerprint density at radius 2 is 1.62 bits per heavy atom. The lowest BCUT2D eigenvalue weighted by Gasteiger charge is -2.32. The molecule has 3 N–H and O–H groups in total. The summed E-state index contributed by atoms with van der Waals surface area (Å²) >= 11 is 0. The zero-order valence-electron chi connectivity index (χ0n) is 23.0. The van der Waals surface area contributed by atoms with Crippen molar-refractivity contribution in [2.24, 2.45) is 0 Å². The lowest BCUT2D eigenvalue weighted by molar-refractivity contribution is -0.131. The molecule has 1 fully saturated rings. The van der Waals surface area contributed by atoms with Gasteiger partial charge in [-0.3, -0.25) is 19.4 Å². The highest BCUT2D eigenvalue weighted by molar-refractivity contribution is 5.97. The highest BCUT2D eigenvalue weighted by Crippen LogP contribution is 2.29. The van der Waals surface area contributed by atoms with Gasteiger partial charge in [0.05, 0.1) is 17.8 Å². The van der Waals surface area contributed by atoms with Gasteiger partial charge >= 0.3 is 0 Å². The molecule has 0 saturated carbocycles. The number of para-hydroxylation sites is 1. The van der Waals surface area contributed by atoms with Gasteiger partial charge < -0.3 is 20.5 Å². The highest BCUT2D eigenvalue weighted by atomic mass is 16.2. The van der Waals surface area contributed by atoms with Crippen LogP contribution in [0, 0.1) is 13.8 Å². The van der Waals surface area contributed by atoms with Crippen LogP contribution in [0.1, 0.15) is 62.0 Å². The zero-order chi connectivity index (χ0) is 28.1. The summed E-state index contributed by atoms with van der Waals surface area (Å²) < 4.78 is 0. The molecule has 2 aromatic carbocycles. The van der Waals surface area contributed by atoms with Crippen molar-refractivity contribution in [2.75, 3.05) is 26.2 Å². The van der Waals surface area contributed by atoms with Crippen LogP contribution >= 0.6 is 0 Å². The summed E-state index contributed by atoms with van der Waals surface area (Å²) in [6.07, 6.45) is 4.15. The number of benzene rings is 2. The number of fused-ring (bicyclic) bond motifs is 1. The SMILES string of the molecule is Cc1ccc(C(=O)NCCc2c[nH]c3ccccc23)c(C2CCN(C(=O)CNC(=O)c3ccccc3C)CC2)n1. The van der Waals surface area contributed by atoms with Crippen molar-refractivity contribution in [1.29, 1.82) is 0 Å². The minimum absolute atomic E-state index is 0.0371. The average molecular weight is 538 g/mol. The van der Waals surface area contributed by atoms with Crippen LogP contribution in [0.3, 0.4) is 0 Å². The maximum absolute atomic E-state index is 13.2. The Morgan fingerprint density at radius 3 is 2.42 bits per heavy atom. The number of pyridine rings is 1. The second-order valence-electron chi connectivity index (χ2n) is 10.4. The van der Waals surface area contributed by atoms with E-state index in [4.69, 9.17) is 4.98 Å². The number of carbonyl (C=O) groups is 3. The first-order valence-corrected chi connectivity index (χ1v) is 13.8. The summed E-state index contributed by atoms with van der Waals surface area (Å²) in [4.78, 5) is 48.3. The van der Waals surface area contributed by atoms with Gasteiger partial charge in [-0.1, -0.05) is 36.4 Å². The number of likely N-dealkylation sites (tertiary alicyclic amines) is 1. The number of aromatic amines is 1. The van der Waals surface area contributed by atoms with Crippen LogP contribution < -0.4 is 10.6 Å². The number of H-pyrrole nitrogens is 1.